The molecule has 0 fully saturated rings. The Morgan fingerprint density at radius 1 is 1.53 bits per heavy atom. The van der Waals surface area contributed by atoms with Gasteiger partial charge < -0.3 is 15.6 Å². The summed E-state index contributed by atoms with van der Waals surface area (Å²) in [6, 6.07) is 7.07. The van der Waals surface area contributed by atoms with Gasteiger partial charge in [0.1, 0.15) is 5.75 Å². The molecule has 17 heavy (non-hydrogen) atoms. The second kappa shape index (κ2) is 4.84. The average molecular weight is 250 g/mol. The zero-order valence-electron chi connectivity index (χ0n) is 8.79. The number of benzene rings is 1. The van der Waals surface area contributed by atoms with Crippen molar-refractivity contribution in [1.82, 2.24) is 4.98 Å². The predicted octanol–water partition coefficient (Wildman–Crippen LogP) is 1.86. The van der Waals surface area contributed by atoms with Gasteiger partial charge in [0.25, 0.3) is 0 Å². The molecule has 1 aromatic carbocycles. The normalized spacial score (nSPS) is 10.1. The Bertz CT molecular complexity index is 539. The molecular weight excluding hydrogens is 240 g/mol. The van der Waals surface area contributed by atoms with Crippen molar-refractivity contribution < 1.29 is 14.6 Å². The maximum absolute atomic E-state index is 10.4. The Kier molecular flexibility index (Phi) is 3.24. The molecule has 0 atom stereocenters. The van der Waals surface area contributed by atoms with Crippen LogP contribution >= 0.6 is 11.3 Å². The fourth-order valence-electron chi connectivity index (χ4n) is 1.31. The molecule has 0 saturated heterocycles. The number of anilines is 1. The molecule has 0 amide bonds. The number of aromatic nitrogens is 1. The number of carboxylic acid groups (broad SMARTS) is 1. The standard InChI is InChI=1S/C11H10N2O3S/c12-11-13-9(6-17-11)7-2-1-3-8(4-7)16-5-10(14)15/h1-4,6H,5H2,(H2,12,13)(H,14,15). The summed E-state index contributed by atoms with van der Waals surface area (Å²) in [6.07, 6.45) is 0. The fraction of sp³-hybridized carbons (Fsp3) is 0.0909. The van der Waals surface area contributed by atoms with Crippen molar-refractivity contribution in [3.8, 4) is 17.0 Å². The maximum atomic E-state index is 10.4. The lowest BCUT2D eigenvalue weighted by Gasteiger charge is -2.04. The summed E-state index contributed by atoms with van der Waals surface area (Å²) in [5.41, 5.74) is 7.16. The SMILES string of the molecule is Nc1nc(-c2cccc(OCC(=O)O)c2)cs1. The van der Waals surface area contributed by atoms with Crippen molar-refractivity contribution in [1.29, 1.82) is 0 Å². The first-order valence-corrected chi connectivity index (χ1v) is 5.69. The van der Waals surface area contributed by atoms with Crippen LogP contribution in [0.1, 0.15) is 0 Å². The molecule has 6 heteroatoms. The predicted molar refractivity (Wildman–Crippen MR) is 65.1 cm³/mol. The molecule has 3 N–H and O–H groups in total. The number of hydrogen-bond acceptors (Lipinski definition) is 5. The summed E-state index contributed by atoms with van der Waals surface area (Å²) < 4.78 is 5.08. The van der Waals surface area contributed by atoms with Crippen LogP contribution in [0.25, 0.3) is 11.3 Å². The third-order valence-electron chi connectivity index (χ3n) is 2.01. The van der Waals surface area contributed by atoms with E-state index in [9.17, 15) is 4.79 Å². The van der Waals surface area contributed by atoms with Crippen LogP contribution in [-0.2, 0) is 4.79 Å². The second-order valence-corrected chi connectivity index (χ2v) is 4.17. The van der Waals surface area contributed by atoms with E-state index in [-0.39, 0.29) is 6.61 Å². The van der Waals surface area contributed by atoms with E-state index in [2.05, 4.69) is 4.98 Å². The molecule has 88 valence electrons. The van der Waals surface area contributed by atoms with Crippen LogP contribution in [0.2, 0.25) is 0 Å². The summed E-state index contributed by atoms with van der Waals surface area (Å²) in [6.45, 7) is -0.358. The van der Waals surface area contributed by atoms with E-state index in [4.69, 9.17) is 15.6 Å². The maximum Gasteiger partial charge on any atom is 0.341 e. The highest BCUT2D eigenvalue weighted by Crippen LogP contribution is 2.26. The van der Waals surface area contributed by atoms with Gasteiger partial charge in [-0.05, 0) is 12.1 Å². The van der Waals surface area contributed by atoms with Crippen molar-refractivity contribution in [2.24, 2.45) is 0 Å². The first-order valence-electron chi connectivity index (χ1n) is 4.81. The van der Waals surface area contributed by atoms with Crippen LogP contribution in [0.4, 0.5) is 5.13 Å². The highest BCUT2D eigenvalue weighted by Gasteiger charge is 2.05. The number of thiazole rings is 1. The number of carboxylic acids is 1. The first kappa shape index (κ1) is 11.4. The van der Waals surface area contributed by atoms with E-state index >= 15 is 0 Å². The van der Waals surface area contributed by atoms with Crippen LogP contribution in [0.15, 0.2) is 29.6 Å². The van der Waals surface area contributed by atoms with E-state index in [1.807, 2.05) is 11.4 Å². The van der Waals surface area contributed by atoms with Crippen molar-refractivity contribution in [2.45, 2.75) is 0 Å². The number of aliphatic carboxylic acids is 1. The van der Waals surface area contributed by atoms with Gasteiger partial charge in [-0.1, -0.05) is 12.1 Å². The van der Waals surface area contributed by atoms with E-state index in [0.29, 0.717) is 10.9 Å². The van der Waals surface area contributed by atoms with Gasteiger partial charge in [-0.15, -0.1) is 11.3 Å². The Labute approximate surface area is 101 Å². The zero-order valence-corrected chi connectivity index (χ0v) is 9.61. The number of nitrogens with zero attached hydrogens (tertiary/aromatic N) is 1. The number of carbonyl (C=O) groups is 1. The van der Waals surface area contributed by atoms with Crippen molar-refractivity contribution in [3.63, 3.8) is 0 Å². The number of nitrogen functional groups attached to an aromatic ring is 1. The van der Waals surface area contributed by atoms with Gasteiger partial charge in [-0.3, -0.25) is 0 Å². The lowest BCUT2D eigenvalue weighted by Crippen LogP contribution is -2.09. The van der Waals surface area contributed by atoms with Gasteiger partial charge in [0.05, 0.1) is 5.69 Å². The number of hydrogen-bond donors (Lipinski definition) is 2. The Morgan fingerprint density at radius 2 is 2.35 bits per heavy atom. The minimum atomic E-state index is -1.01. The summed E-state index contributed by atoms with van der Waals surface area (Å²) >= 11 is 1.36. The molecule has 0 spiro atoms. The lowest BCUT2D eigenvalue weighted by atomic mass is 10.2. The summed E-state index contributed by atoms with van der Waals surface area (Å²) in [7, 11) is 0. The minimum Gasteiger partial charge on any atom is -0.482 e. The highest BCUT2D eigenvalue weighted by atomic mass is 32.1. The molecule has 0 saturated carbocycles. The quantitative estimate of drug-likeness (QED) is 0.865. The van der Waals surface area contributed by atoms with Crippen molar-refractivity contribution in [2.75, 3.05) is 12.3 Å². The molecule has 0 radical (unpaired) electrons. The van der Waals surface area contributed by atoms with Crippen LogP contribution in [0, 0.1) is 0 Å². The second-order valence-electron chi connectivity index (χ2n) is 3.28. The Balaban J connectivity index is 2.19. The highest BCUT2D eigenvalue weighted by molar-refractivity contribution is 7.13. The Morgan fingerprint density at radius 3 is 3.00 bits per heavy atom. The molecule has 0 aliphatic rings. The van der Waals surface area contributed by atoms with Gasteiger partial charge in [0.15, 0.2) is 11.7 Å². The van der Waals surface area contributed by atoms with E-state index in [0.717, 1.165) is 11.3 Å². The molecule has 1 aromatic heterocycles. The summed E-state index contributed by atoms with van der Waals surface area (Å²) in [5, 5.41) is 10.8. The number of nitrogens with two attached hydrogens (primary N) is 1. The molecule has 2 rings (SSSR count). The number of rotatable bonds is 4. The molecule has 0 unspecified atom stereocenters. The van der Waals surface area contributed by atoms with Crippen LogP contribution in [0.5, 0.6) is 5.75 Å². The summed E-state index contributed by atoms with van der Waals surface area (Å²) in [4.78, 5) is 14.5. The van der Waals surface area contributed by atoms with Crippen LogP contribution in [0.3, 0.4) is 0 Å². The average Bonchev–Trinajstić information content (AvgIpc) is 2.74. The monoisotopic (exact) mass is 250 g/mol. The minimum absolute atomic E-state index is 0.358. The van der Waals surface area contributed by atoms with E-state index in [1.54, 1.807) is 18.2 Å². The van der Waals surface area contributed by atoms with E-state index in [1.165, 1.54) is 11.3 Å². The zero-order chi connectivity index (χ0) is 12.3. The number of ether oxygens (including phenoxy) is 1. The van der Waals surface area contributed by atoms with Crippen LogP contribution < -0.4 is 10.5 Å². The van der Waals surface area contributed by atoms with Crippen molar-refractivity contribution >= 4 is 22.4 Å². The lowest BCUT2D eigenvalue weighted by molar-refractivity contribution is -0.139. The third-order valence-corrected chi connectivity index (χ3v) is 2.69. The third kappa shape index (κ3) is 2.94. The largest absolute Gasteiger partial charge is 0.482 e. The van der Waals surface area contributed by atoms with Crippen molar-refractivity contribution in [3.05, 3.63) is 29.6 Å². The molecule has 0 aliphatic carbocycles. The Hall–Kier alpha value is -2.08. The first-order chi connectivity index (χ1) is 8.15. The topological polar surface area (TPSA) is 85.4 Å². The van der Waals surface area contributed by atoms with Gasteiger partial charge in [0, 0.05) is 10.9 Å². The molecule has 0 bridgehead atoms. The van der Waals surface area contributed by atoms with Gasteiger partial charge >= 0.3 is 5.97 Å². The summed E-state index contributed by atoms with van der Waals surface area (Å²) in [5.74, 6) is -0.509. The van der Waals surface area contributed by atoms with Gasteiger partial charge in [-0.25, -0.2) is 9.78 Å². The van der Waals surface area contributed by atoms with Crippen LogP contribution in [-0.4, -0.2) is 22.7 Å². The fourth-order valence-corrected chi connectivity index (χ4v) is 1.88. The van der Waals surface area contributed by atoms with E-state index < -0.39 is 5.97 Å². The molecule has 0 aliphatic heterocycles. The molecule has 5 nitrogen and oxygen atoms in total. The molecular formula is C11H10N2O3S. The van der Waals surface area contributed by atoms with Gasteiger partial charge in [-0.2, -0.15) is 0 Å². The molecule has 1 heterocycles. The smallest absolute Gasteiger partial charge is 0.341 e. The molecule has 2 aromatic rings. The van der Waals surface area contributed by atoms with Gasteiger partial charge in [0.2, 0.25) is 0 Å².